The number of rotatable bonds is 6. The van der Waals surface area contributed by atoms with Crippen molar-refractivity contribution in [3.63, 3.8) is 0 Å². The van der Waals surface area contributed by atoms with E-state index in [0.717, 1.165) is 5.56 Å². The molecule has 0 radical (unpaired) electrons. The first-order chi connectivity index (χ1) is 11.4. The number of benzene rings is 1. The van der Waals surface area contributed by atoms with Crippen molar-refractivity contribution in [3.05, 3.63) is 35.6 Å². The summed E-state index contributed by atoms with van der Waals surface area (Å²) in [5.41, 5.74) is 0.898. The van der Waals surface area contributed by atoms with E-state index in [0.29, 0.717) is 23.1 Å². The van der Waals surface area contributed by atoms with Gasteiger partial charge in [0.2, 0.25) is 0 Å². The number of methoxy groups -OCH3 is 1. The quantitative estimate of drug-likeness (QED) is 0.842. The van der Waals surface area contributed by atoms with Gasteiger partial charge in [0.05, 0.1) is 19.3 Å². The number of carbonyl (C=O) groups excluding carboxylic acids is 1. The van der Waals surface area contributed by atoms with Crippen LogP contribution in [0.25, 0.3) is 0 Å². The van der Waals surface area contributed by atoms with Gasteiger partial charge in [-0.05, 0) is 45.4 Å². The van der Waals surface area contributed by atoms with E-state index in [9.17, 15) is 4.79 Å². The van der Waals surface area contributed by atoms with Crippen molar-refractivity contribution in [1.29, 1.82) is 0 Å². The molecule has 0 aliphatic carbocycles. The fourth-order valence-electron chi connectivity index (χ4n) is 2.16. The van der Waals surface area contributed by atoms with E-state index in [1.807, 2.05) is 39.0 Å². The molecule has 2 rings (SSSR count). The van der Waals surface area contributed by atoms with E-state index in [1.165, 1.54) is 0 Å². The van der Waals surface area contributed by atoms with Crippen LogP contribution in [0.2, 0.25) is 0 Å². The van der Waals surface area contributed by atoms with Gasteiger partial charge in [-0.15, -0.1) is 0 Å². The minimum absolute atomic E-state index is 0.0528. The Kier molecular flexibility index (Phi) is 5.68. The van der Waals surface area contributed by atoms with E-state index >= 15 is 0 Å². The molecule has 7 nitrogen and oxygen atoms in total. The van der Waals surface area contributed by atoms with Gasteiger partial charge in [-0.3, -0.25) is 5.32 Å². The van der Waals surface area contributed by atoms with Gasteiger partial charge in [-0.2, -0.15) is 0 Å². The molecule has 7 heteroatoms. The summed E-state index contributed by atoms with van der Waals surface area (Å²) in [6.07, 6.45) is 0.0528. The van der Waals surface area contributed by atoms with Crippen molar-refractivity contribution in [1.82, 2.24) is 10.5 Å². The van der Waals surface area contributed by atoms with E-state index < -0.39 is 0 Å². The topological polar surface area (TPSA) is 85.6 Å². The van der Waals surface area contributed by atoms with Crippen LogP contribution < -0.4 is 20.1 Å². The molecule has 2 amide bonds. The Labute approximate surface area is 141 Å². The summed E-state index contributed by atoms with van der Waals surface area (Å²) in [7, 11) is 1.59. The zero-order valence-corrected chi connectivity index (χ0v) is 14.5. The van der Waals surface area contributed by atoms with Crippen LogP contribution >= 0.6 is 0 Å². The van der Waals surface area contributed by atoms with Crippen molar-refractivity contribution in [2.75, 3.05) is 12.4 Å². The number of anilines is 1. The van der Waals surface area contributed by atoms with Crippen LogP contribution in [-0.4, -0.2) is 24.4 Å². The SMILES string of the molecule is COc1cc([C@@H](C)NC(=O)Nc2cc(C)on2)ccc1OC(C)C. The number of aromatic nitrogens is 1. The van der Waals surface area contributed by atoms with Crippen LogP contribution in [-0.2, 0) is 0 Å². The van der Waals surface area contributed by atoms with Gasteiger partial charge in [0.15, 0.2) is 17.3 Å². The molecule has 0 aliphatic rings. The molecule has 24 heavy (non-hydrogen) atoms. The summed E-state index contributed by atoms with van der Waals surface area (Å²) in [6, 6.07) is 6.64. The molecule has 1 aromatic heterocycles. The van der Waals surface area contributed by atoms with E-state index in [2.05, 4.69) is 15.8 Å². The van der Waals surface area contributed by atoms with Gasteiger partial charge in [0.25, 0.3) is 0 Å². The zero-order chi connectivity index (χ0) is 17.7. The number of ether oxygens (including phenoxy) is 2. The average molecular weight is 333 g/mol. The van der Waals surface area contributed by atoms with Crippen LogP contribution in [0.5, 0.6) is 11.5 Å². The van der Waals surface area contributed by atoms with E-state index in [4.69, 9.17) is 14.0 Å². The fourth-order valence-corrected chi connectivity index (χ4v) is 2.16. The maximum atomic E-state index is 12.0. The molecule has 2 aromatic rings. The van der Waals surface area contributed by atoms with Crippen molar-refractivity contribution < 1.29 is 18.8 Å². The maximum absolute atomic E-state index is 12.0. The largest absolute Gasteiger partial charge is 0.493 e. The first-order valence-electron chi connectivity index (χ1n) is 7.74. The van der Waals surface area contributed by atoms with Crippen LogP contribution in [0, 0.1) is 6.92 Å². The first-order valence-corrected chi connectivity index (χ1v) is 7.74. The lowest BCUT2D eigenvalue weighted by Gasteiger charge is -2.18. The number of hydrogen-bond donors (Lipinski definition) is 2. The second kappa shape index (κ2) is 7.72. The number of amides is 2. The molecular formula is C17H23N3O4. The van der Waals surface area contributed by atoms with Gasteiger partial charge in [0.1, 0.15) is 5.76 Å². The number of carbonyl (C=O) groups is 1. The average Bonchev–Trinajstić information content (AvgIpc) is 2.91. The number of nitrogens with one attached hydrogen (secondary N) is 2. The summed E-state index contributed by atoms with van der Waals surface area (Å²) in [6.45, 7) is 7.54. The molecule has 2 N–H and O–H groups in total. The molecule has 1 aromatic carbocycles. The third kappa shape index (κ3) is 4.65. The maximum Gasteiger partial charge on any atom is 0.320 e. The second-order valence-corrected chi connectivity index (χ2v) is 5.72. The predicted octanol–water partition coefficient (Wildman–Crippen LogP) is 3.66. The van der Waals surface area contributed by atoms with Crippen molar-refractivity contribution in [3.8, 4) is 11.5 Å². The third-order valence-corrected chi connectivity index (χ3v) is 3.27. The van der Waals surface area contributed by atoms with Crippen molar-refractivity contribution in [2.45, 2.75) is 39.8 Å². The smallest absolute Gasteiger partial charge is 0.320 e. The van der Waals surface area contributed by atoms with Crippen molar-refractivity contribution in [2.24, 2.45) is 0 Å². The van der Waals surface area contributed by atoms with Gasteiger partial charge >= 0.3 is 6.03 Å². The molecule has 0 spiro atoms. The zero-order valence-electron chi connectivity index (χ0n) is 14.5. The van der Waals surface area contributed by atoms with Crippen LogP contribution in [0.3, 0.4) is 0 Å². The Balaban J connectivity index is 2.03. The van der Waals surface area contributed by atoms with Gasteiger partial charge < -0.3 is 19.3 Å². The molecule has 0 saturated heterocycles. The molecule has 0 unspecified atom stereocenters. The molecule has 0 fully saturated rings. The summed E-state index contributed by atoms with van der Waals surface area (Å²) in [4.78, 5) is 12.0. The monoisotopic (exact) mass is 333 g/mol. The Hall–Kier alpha value is -2.70. The molecule has 1 heterocycles. The van der Waals surface area contributed by atoms with Crippen LogP contribution in [0.15, 0.2) is 28.8 Å². The molecule has 0 bridgehead atoms. The highest BCUT2D eigenvalue weighted by Gasteiger charge is 2.14. The Morgan fingerprint density at radius 1 is 1.21 bits per heavy atom. The van der Waals surface area contributed by atoms with Crippen LogP contribution in [0.4, 0.5) is 10.6 Å². The third-order valence-electron chi connectivity index (χ3n) is 3.27. The summed E-state index contributed by atoms with van der Waals surface area (Å²) in [5, 5.41) is 9.17. The number of aryl methyl sites for hydroxylation is 1. The molecule has 0 saturated carbocycles. The molecule has 130 valence electrons. The van der Waals surface area contributed by atoms with Gasteiger partial charge in [-0.1, -0.05) is 11.2 Å². The van der Waals surface area contributed by atoms with Gasteiger partial charge in [0, 0.05) is 6.07 Å². The summed E-state index contributed by atoms with van der Waals surface area (Å²) in [5.74, 6) is 2.30. The fraction of sp³-hybridized carbons (Fsp3) is 0.412. The lowest BCUT2D eigenvalue weighted by molar-refractivity contribution is 0.230. The number of hydrogen-bond acceptors (Lipinski definition) is 5. The normalized spacial score (nSPS) is 11.9. The number of urea groups is 1. The molecule has 0 aliphatic heterocycles. The molecular weight excluding hydrogens is 310 g/mol. The van der Waals surface area contributed by atoms with Crippen LogP contribution in [0.1, 0.15) is 38.1 Å². The summed E-state index contributed by atoms with van der Waals surface area (Å²) < 4.78 is 16.0. The Morgan fingerprint density at radius 3 is 2.54 bits per heavy atom. The lowest BCUT2D eigenvalue weighted by Crippen LogP contribution is -2.31. The number of nitrogens with zero attached hydrogens (tertiary/aromatic N) is 1. The van der Waals surface area contributed by atoms with Crippen molar-refractivity contribution >= 4 is 11.8 Å². The minimum atomic E-state index is -0.364. The highest BCUT2D eigenvalue weighted by molar-refractivity contribution is 5.88. The van der Waals surface area contributed by atoms with E-state index in [1.54, 1.807) is 20.1 Å². The van der Waals surface area contributed by atoms with Gasteiger partial charge in [-0.25, -0.2) is 4.79 Å². The Morgan fingerprint density at radius 2 is 1.96 bits per heavy atom. The summed E-state index contributed by atoms with van der Waals surface area (Å²) >= 11 is 0. The predicted molar refractivity (Wildman–Crippen MR) is 90.6 cm³/mol. The minimum Gasteiger partial charge on any atom is -0.493 e. The first kappa shape index (κ1) is 17.7. The van der Waals surface area contributed by atoms with E-state index in [-0.39, 0.29) is 18.2 Å². The second-order valence-electron chi connectivity index (χ2n) is 5.72. The highest BCUT2D eigenvalue weighted by atomic mass is 16.5. The highest BCUT2D eigenvalue weighted by Crippen LogP contribution is 2.31. The molecule has 1 atom stereocenters. The Bertz CT molecular complexity index is 697. The standard InChI is InChI=1S/C17H23N3O4/c1-10(2)23-14-7-6-13(9-15(14)22-5)12(4)18-17(21)19-16-8-11(3)24-20-16/h6-10,12H,1-5H3,(H2,18,19,20,21)/t12-/m1/s1. The lowest BCUT2D eigenvalue weighted by atomic mass is 10.1.